The van der Waals surface area contributed by atoms with Gasteiger partial charge in [0.25, 0.3) is 0 Å². The maximum atomic E-state index is 11.2. The van der Waals surface area contributed by atoms with Crippen molar-refractivity contribution in [1.82, 2.24) is 0 Å². The number of rotatable bonds is 4. The Morgan fingerprint density at radius 2 is 2.29 bits per heavy atom. The average molecular weight is 191 g/mol. The van der Waals surface area contributed by atoms with E-state index in [1.165, 1.54) is 13.2 Å². The van der Waals surface area contributed by atoms with Crippen LogP contribution in [0.15, 0.2) is 36.0 Å². The van der Waals surface area contributed by atoms with Gasteiger partial charge in [0.05, 0.1) is 25.2 Å². The second-order valence-corrected chi connectivity index (χ2v) is 2.47. The summed E-state index contributed by atoms with van der Waals surface area (Å²) in [5.41, 5.74) is 0.962. The van der Waals surface area contributed by atoms with Crippen LogP contribution in [-0.2, 0) is 9.53 Å². The van der Waals surface area contributed by atoms with Crippen LogP contribution in [0.5, 0.6) is 0 Å². The fourth-order valence-corrected chi connectivity index (χ4v) is 0.986. The molecule has 0 N–H and O–H groups in total. The van der Waals surface area contributed by atoms with Gasteiger partial charge in [0.2, 0.25) is 0 Å². The lowest BCUT2D eigenvalue weighted by molar-refractivity contribution is -0.135. The van der Waals surface area contributed by atoms with Gasteiger partial charge in [-0.3, -0.25) is 0 Å². The van der Waals surface area contributed by atoms with Crippen molar-refractivity contribution in [2.75, 3.05) is 7.11 Å². The third kappa shape index (κ3) is 3.28. The maximum Gasteiger partial charge on any atom is 0.338 e. The van der Waals surface area contributed by atoms with Gasteiger partial charge in [-0.05, 0) is 12.5 Å². The fourth-order valence-electron chi connectivity index (χ4n) is 0.986. The zero-order valence-electron chi connectivity index (χ0n) is 8.41. The van der Waals surface area contributed by atoms with E-state index in [4.69, 9.17) is 5.26 Å². The molecule has 0 aromatic heterocycles. The van der Waals surface area contributed by atoms with Crippen molar-refractivity contribution >= 4 is 5.97 Å². The highest BCUT2D eigenvalue weighted by molar-refractivity contribution is 5.92. The SMILES string of the molecule is C=C/C(C(=O)OC)=C(\C=C/C)CC#N. The fraction of sp³-hybridized carbons (Fsp3) is 0.273. The summed E-state index contributed by atoms with van der Waals surface area (Å²) in [6.45, 7) is 5.33. The third-order valence-electron chi connectivity index (χ3n) is 1.59. The molecular weight excluding hydrogens is 178 g/mol. The largest absolute Gasteiger partial charge is 0.465 e. The summed E-state index contributed by atoms with van der Waals surface area (Å²) in [6.07, 6.45) is 5.04. The Bertz CT molecular complexity index is 319. The van der Waals surface area contributed by atoms with Crippen molar-refractivity contribution in [2.24, 2.45) is 0 Å². The molecule has 0 rings (SSSR count). The van der Waals surface area contributed by atoms with Crippen molar-refractivity contribution < 1.29 is 9.53 Å². The van der Waals surface area contributed by atoms with E-state index in [0.29, 0.717) is 11.1 Å². The van der Waals surface area contributed by atoms with Crippen LogP contribution in [0.2, 0.25) is 0 Å². The van der Waals surface area contributed by atoms with Gasteiger partial charge in [0.1, 0.15) is 0 Å². The van der Waals surface area contributed by atoms with Crippen LogP contribution < -0.4 is 0 Å². The van der Waals surface area contributed by atoms with E-state index in [2.05, 4.69) is 11.3 Å². The Morgan fingerprint density at radius 3 is 2.64 bits per heavy atom. The van der Waals surface area contributed by atoms with Crippen LogP contribution in [-0.4, -0.2) is 13.1 Å². The highest BCUT2D eigenvalue weighted by Crippen LogP contribution is 2.12. The topological polar surface area (TPSA) is 50.1 Å². The minimum absolute atomic E-state index is 0.167. The van der Waals surface area contributed by atoms with Crippen LogP contribution >= 0.6 is 0 Å². The maximum absolute atomic E-state index is 11.2. The highest BCUT2D eigenvalue weighted by Gasteiger charge is 2.10. The summed E-state index contributed by atoms with van der Waals surface area (Å²) in [6, 6.07) is 1.98. The monoisotopic (exact) mass is 191 g/mol. The Balaban J connectivity index is 5.19. The second kappa shape index (κ2) is 6.67. The molecule has 0 atom stereocenters. The lowest BCUT2D eigenvalue weighted by Gasteiger charge is -2.03. The van der Waals surface area contributed by atoms with Gasteiger partial charge in [-0.25, -0.2) is 4.79 Å². The summed E-state index contributed by atoms with van der Waals surface area (Å²) in [4.78, 5) is 11.2. The number of ether oxygens (including phenoxy) is 1. The predicted molar refractivity (Wildman–Crippen MR) is 54.3 cm³/mol. The van der Waals surface area contributed by atoms with E-state index in [0.717, 1.165) is 0 Å². The van der Waals surface area contributed by atoms with Crippen LogP contribution in [0.25, 0.3) is 0 Å². The highest BCUT2D eigenvalue weighted by atomic mass is 16.5. The Hall–Kier alpha value is -1.82. The van der Waals surface area contributed by atoms with Crippen LogP contribution in [0.4, 0.5) is 0 Å². The molecule has 0 spiro atoms. The second-order valence-electron chi connectivity index (χ2n) is 2.47. The molecule has 0 saturated heterocycles. The van der Waals surface area contributed by atoms with E-state index >= 15 is 0 Å². The van der Waals surface area contributed by atoms with E-state index in [9.17, 15) is 4.79 Å². The first-order chi connectivity index (χ1) is 6.71. The number of methoxy groups -OCH3 is 1. The molecule has 0 fully saturated rings. The quantitative estimate of drug-likeness (QED) is 0.388. The zero-order valence-corrected chi connectivity index (χ0v) is 8.41. The van der Waals surface area contributed by atoms with Crippen LogP contribution in [0.3, 0.4) is 0 Å². The molecule has 0 aromatic rings. The lowest BCUT2D eigenvalue weighted by Crippen LogP contribution is -2.05. The molecule has 0 amide bonds. The van der Waals surface area contributed by atoms with Crippen molar-refractivity contribution in [3.63, 3.8) is 0 Å². The Morgan fingerprint density at radius 1 is 1.64 bits per heavy atom. The third-order valence-corrected chi connectivity index (χ3v) is 1.59. The van der Waals surface area contributed by atoms with Crippen LogP contribution in [0, 0.1) is 11.3 Å². The molecule has 0 aliphatic rings. The van der Waals surface area contributed by atoms with Gasteiger partial charge in [-0.1, -0.05) is 24.8 Å². The van der Waals surface area contributed by atoms with Gasteiger partial charge < -0.3 is 4.74 Å². The molecule has 14 heavy (non-hydrogen) atoms. The van der Waals surface area contributed by atoms with E-state index in [-0.39, 0.29) is 6.42 Å². The first kappa shape index (κ1) is 12.2. The molecule has 0 aliphatic carbocycles. The standard InChI is InChI=1S/C11H13NO2/c1-4-6-9(7-8-12)10(5-2)11(13)14-3/h4-6H,2,7H2,1,3H3/b6-4-,10-9-. The van der Waals surface area contributed by atoms with Gasteiger partial charge in [0.15, 0.2) is 0 Å². The number of nitriles is 1. The minimum Gasteiger partial charge on any atom is -0.465 e. The molecule has 0 unspecified atom stereocenters. The van der Waals surface area contributed by atoms with Gasteiger partial charge in [0, 0.05) is 0 Å². The molecule has 0 aliphatic heterocycles. The molecule has 3 heteroatoms. The number of hydrogen-bond acceptors (Lipinski definition) is 3. The van der Waals surface area contributed by atoms with Gasteiger partial charge >= 0.3 is 5.97 Å². The Kier molecular flexibility index (Phi) is 5.80. The first-order valence-electron chi connectivity index (χ1n) is 4.14. The smallest absolute Gasteiger partial charge is 0.338 e. The summed E-state index contributed by atoms with van der Waals surface area (Å²) < 4.78 is 4.57. The minimum atomic E-state index is -0.469. The normalized spacial score (nSPS) is 11.8. The summed E-state index contributed by atoms with van der Waals surface area (Å²) in [5.74, 6) is -0.469. The number of carbonyl (C=O) groups excluding carboxylic acids is 1. The number of allylic oxidation sites excluding steroid dienone is 3. The van der Waals surface area contributed by atoms with Gasteiger partial charge in [-0.2, -0.15) is 5.26 Å². The number of carbonyl (C=O) groups is 1. The van der Waals surface area contributed by atoms with E-state index in [1.54, 1.807) is 12.2 Å². The predicted octanol–water partition coefficient (Wildman–Crippen LogP) is 2.13. The molecule has 74 valence electrons. The van der Waals surface area contributed by atoms with E-state index < -0.39 is 5.97 Å². The average Bonchev–Trinajstić information content (AvgIpc) is 2.19. The number of nitrogens with zero attached hydrogens (tertiary/aromatic N) is 1. The van der Waals surface area contributed by atoms with Crippen molar-refractivity contribution in [3.05, 3.63) is 36.0 Å². The molecule has 3 nitrogen and oxygen atoms in total. The van der Waals surface area contributed by atoms with Crippen molar-refractivity contribution in [2.45, 2.75) is 13.3 Å². The number of esters is 1. The van der Waals surface area contributed by atoms with Crippen molar-refractivity contribution in [1.29, 1.82) is 5.26 Å². The molecule has 0 heterocycles. The van der Waals surface area contributed by atoms with Gasteiger partial charge in [-0.15, -0.1) is 0 Å². The first-order valence-corrected chi connectivity index (χ1v) is 4.14. The van der Waals surface area contributed by atoms with Crippen LogP contribution in [0.1, 0.15) is 13.3 Å². The summed E-state index contributed by atoms with van der Waals surface area (Å²) in [5, 5.41) is 8.56. The summed E-state index contributed by atoms with van der Waals surface area (Å²) >= 11 is 0. The number of hydrogen-bond donors (Lipinski definition) is 0. The molecular formula is C11H13NO2. The summed E-state index contributed by atoms with van der Waals surface area (Å²) in [7, 11) is 1.30. The molecule has 0 saturated carbocycles. The zero-order chi connectivity index (χ0) is 11.0. The molecule has 0 aromatic carbocycles. The lowest BCUT2D eigenvalue weighted by atomic mass is 10.1. The Labute approximate surface area is 84.0 Å². The van der Waals surface area contributed by atoms with Crippen molar-refractivity contribution in [3.8, 4) is 6.07 Å². The molecule has 0 bridgehead atoms. The van der Waals surface area contributed by atoms with E-state index in [1.807, 2.05) is 13.0 Å². The molecule has 0 radical (unpaired) electrons.